The van der Waals surface area contributed by atoms with E-state index >= 15 is 0 Å². The molecule has 7 nitrogen and oxygen atoms in total. The SMILES string of the molecule is O=C1CSC(=NN=Cc2cccc(NS(=O)(=O)c3ccccc3)c2)N1. The van der Waals surface area contributed by atoms with Gasteiger partial charge in [0.15, 0.2) is 5.17 Å². The number of hydrogen-bond acceptors (Lipinski definition) is 6. The van der Waals surface area contributed by atoms with E-state index in [1.807, 2.05) is 0 Å². The first kappa shape index (κ1) is 17.2. The second-order valence-electron chi connectivity index (χ2n) is 5.03. The van der Waals surface area contributed by atoms with Crippen LogP contribution in [0.2, 0.25) is 0 Å². The minimum absolute atomic E-state index is 0.101. The Hall–Kier alpha value is -2.65. The number of hydrogen-bond donors (Lipinski definition) is 2. The number of amides is 1. The summed E-state index contributed by atoms with van der Waals surface area (Å²) >= 11 is 1.28. The fraction of sp³-hybridized carbons (Fsp3) is 0.0625. The van der Waals surface area contributed by atoms with Crippen LogP contribution in [0.5, 0.6) is 0 Å². The van der Waals surface area contributed by atoms with Crippen LogP contribution in [0.4, 0.5) is 5.69 Å². The van der Waals surface area contributed by atoms with Crippen LogP contribution in [0.15, 0.2) is 69.7 Å². The Labute approximate surface area is 149 Å². The summed E-state index contributed by atoms with van der Waals surface area (Å²) in [6.45, 7) is 0. The highest BCUT2D eigenvalue weighted by Gasteiger charge is 2.16. The molecule has 9 heteroatoms. The molecule has 2 N–H and O–H groups in total. The molecule has 0 aliphatic carbocycles. The van der Waals surface area contributed by atoms with Crippen molar-refractivity contribution in [2.24, 2.45) is 10.2 Å². The third-order valence-corrected chi connectivity index (χ3v) is 5.39. The summed E-state index contributed by atoms with van der Waals surface area (Å²) in [5, 5.41) is 10.8. The first-order valence-electron chi connectivity index (χ1n) is 7.24. The summed E-state index contributed by atoms with van der Waals surface area (Å²) in [6, 6.07) is 14.9. The van der Waals surface area contributed by atoms with E-state index in [0.29, 0.717) is 22.2 Å². The standard InChI is InChI=1S/C16H14N4O3S2/c21-15-11-24-16(18-15)19-17-10-12-5-4-6-13(9-12)20-25(22,23)14-7-2-1-3-8-14/h1-10,20H,11H2,(H,18,19,21). The van der Waals surface area contributed by atoms with Crippen LogP contribution in [0.3, 0.4) is 0 Å². The van der Waals surface area contributed by atoms with Gasteiger partial charge in [-0.1, -0.05) is 42.1 Å². The van der Waals surface area contributed by atoms with Gasteiger partial charge in [-0.2, -0.15) is 5.10 Å². The highest BCUT2D eigenvalue weighted by Crippen LogP contribution is 2.16. The molecule has 1 aliphatic heterocycles. The maximum Gasteiger partial charge on any atom is 0.261 e. The van der Waals surface area contributed by atoms with Crippen LogP contribution >= 0.6 is 11.8 Å². The van der Waals surface area contributed by atoms with E-state index in [9.17, 15) is 13.2 Å². The van der Waals surface area contributed by atoms with Gasteiger partial charge in [0, 0.05) is 5.69 Å². The number of carbonyl (C=O) groups is 1. The zero-order chi connectivity index (χ0) is 17.7. The van der Waals surface area contributed by atoms with Crippen LogP contribution in [0.25, 0.3) is 0 Å². The first-order valence-corrected chi connectivity index (χ1v) is 9.71. The number of sulfonamides is 1. The third-order valence-electron chi connectivity index (χ3n) is 3.13. The molecule has 1 aliphatic rings. The number of rotatable bonds is 5. The van der Waals surface area contributed by atoms with E-state index in [0.717, 1.165) is 0 Å². The molecule has 0 spiro atoms. The third kappa shape index (κ3) is 4.68. The second-order valence-corrected chi connectivity index (χ2v) is 7.68. The van der Waals surface area contributed by atoms with Crippen LogP contribution in [-0.4, -0.2) is 31.5 Å². The summed E-state index contributed by atoms with van der Waals surface area (Å²) in [5.74, 6) is 0.238. The van der Waals surface area contributed by atoms with Crippen molar-refractivity contribution in [3.05, 3.63) is 60.2 Å². The summed E-state index contributed by atoms with van der Waals surface area (Å²) in [6.07, 6.45) is 1.48. The number of benzene rings is 2. The molecule has 3 rings (SSSR count). The van der Waals surface area contributed by atoms with Crippen LogP contribution in [-0.2, 0) is 14.8 Å². The zero-order valence-corrected chi connectivity index (χ0v) is 14.5. The minimum Gasteiger partial charge on any atom is -0.303 e. The number of nitrogens with one attached hydrogen (secondary N) is 2. The van der Waals surface area contributed by atoms with Crippen molar-refractivity contribution in [1.29, 1.82) is 0 Å². The van der Waals surface area contributed by atoms with Crippen molar-refractivity contribution in [2.45, 2.75) is 4.90 Å². The molecule has 2 aromatic rings. The van der Waals surface area contributed by atoms with E-state index in [-0.39, 0.29) is 10.8 Å². The number of nitrogens with zero attached hydrogens (tertiary/aromatic N) is 2. The molecular weight excluding hydrogens is 360 g/mol. The van der Waals surface area contributed by atoms with Gasteiger partial charge in [0.25, 0.3) is 10.0 Å². The Morgan fingerprint density at radius 2 is 1.92 bits per heavy atom. The number of carbonyl (C=O) groups excluding carboxylic acids is 1. The topological polar surface area (TPSA) is 100.0 Å². The van der Waals surface area contributed by atoms with Gasteiger partial charge in [-0.3, -0.25) is 9.52 Å². The number of amidine groups is 1. The zero-order valence-electron chi connectivity index (χ0n) is 12.9. The average molecular weight is 374 g/mol. The molecule has 128 valence electrons. The highest BCUT2D eigenvalue weighted by atomic mass is 32.2. The summed E-state index contributed by atoms with van der Waals surface area (Å²) in [7, 11) is -3.64. The van der Waals surface area contributed by atoms with E-state index in [4.69, 9.17) is 0 Å². The predicted octanol–water partition coefficient (Wildman–Crippen LogP) is 2.04. The van der Waals surface area contributed by atoms with E-state index in [2.05, 4.69) is 20.2 Å². The average Bonchev–Trinajstić information content (AvgIpc) is 3.01. The maximum absolute atomic E-state index is 12.3. The summed E-state index contributed by atoms with van der Waals surface area (Å²) < 4.78 is 27.2. The largest absolute Gasteiger partial charge is 0.303 e. The van der Waals surface area contributed by atoms with Crippen molar-refractivity contribution < 1.29 is 13.2 Å². The lowest BCUT2D eigenvalue weighted by Crippen LogP contribution is -2.19. The molecule has 25 heavy (non-hydrogen) atoms. The highest BCUT2D eigenvalue weighted by molar-refractivity contribution is 8.15. The van der Waals surface area contributed by atoms with Gasteiger partial charge in [-0.15, -0.1) is 5.10 Å². The van der Waals surface area contributed by atoms with Crippen LogP contribution in [0.1, 0.15) is 5.56 Å². The van der Waals surface area contributed by atoms with Crippen molar-refractivity contribution in [1.82, 2.24) is 5.32 Å². The summed E-state index contributed by atoms with van der Waals surface area (Å²) in [4.78, 5) is 11.2. The Kier molecular flexibility index (Phi) is 5.15. The van der Waals surface area contributed by atoms with Gasteiger partial charge in [0.2, 0.25) is 5.91 Å². The van der Waals surface area contributed by atoms with E-state index in [1.54, 1.807) is 42.5 Å². The van der Waals surface area contributed by atoms with Crippen LogP contribution < -0.4 is 10.0 Å². The van der Waals surface area contributed by atoms with Crippen molar-refractivity contribution in [3.63, 3.8) is 0 Å². The van der Waals surface area contributed by atoms with Gasteiger partial charge in [-0.25, -0.2) is 8.42 Å². The molecule has 1 amide bonds. The molecule has 0 atom stereocenters. The molecule has 0 unspecified atom stereocenters. The second kappa shape index (κ2) is 7.49. The van der Waals surface area contributed by atoms with Gasteiger partial charge in [0.1, 0.15) is 0 Å². The Balaban J connectivity index is 1.72. The fourth-order valence-electron chi connectivity index (χ4n) is 2.02. The first-order chi connectivity index (χ1) is 12.0. The van der Waals surface area contributed by atoms with E-state index in [1.165, 1.54) is 30.1 Å². The quantitative estimate of drug-likeness (QED) is 0.618. The van der Waals surface area contributed by atoms with Crippen molar-refractivity contribution in [3.8, 4) is 0 Å². The minimum atomic E-state index is -3.64. The van der Waals surface area contributed by atoms with Gasteiger partial charge in [-0.05, 0) is 29.8 Å². The maximum atomic E-state index is 12.3. The van der Waals surface area contributed by atoms with Crippen molar-refractivity contribution >= 4 is 44.8 Å². The predicted molar refractivity (Wildman–Crippen MR) is 99.3 cm³/mol. The normalized spacial score (nSPS) is 16.3. The van der Waals surface area contributed by atoms with Gasteiger partial charge in [0.05, 0.1) is 16.9 Å². The molecule has 0 radical (unpaired) electrons. The number of anilines is 1. The lowest BCUT2D eigenvalue weighted by molar-refractivity contribution is -0.116. The van der Waals surface area contributed by atoms with Crippen molar-refractivity contribution in [2.75, 3.05) is 10.5 Å². The fourth-order valence-corrected chi connectivity index (χ4v) is 3.72. The Morgan fingerprint density at radius 1 is 1.12 bits per heavy atom. The molecule has 1 fully saturated rings. The van der Waals surface area contributed by atoms with Gasteiger partial charge >= 0.3 is 0 Å². The number of thioether (sulfide) groups is 1. The Bertz CT molecular complexity index is 941. The molecular formula is C16H14N4O3S2. The molecule has 0 bridgehead atoms. The van der Waals surface area contributed by atoms with Crippen LogP contribution in [0, 0.1) is 0 Å². The van der Waals surface area contributed by atoms with Gasteiger partial charge < -0.3 is 5.32 Å². The lowest BCUT2D eigenvalue weighted by atomic mass is 10.2. The molecule has 0 saturated carbocycles. The summed E-state index contributed by atoms with van der Waals surface area (Å²) in [5.41, 5.74) is 1.09. The monoisotopic (exact) mass is 374 g/mol. The Morgan fingerprint density at radius 3 is 2.64 bits per heavy atom. The molecule has 1 heterocycles. The smallest absolute Gasteiger partial charge is 0.261 e. The van der Waals surface area contributed by atoms with E-state index < -0.39 is 10.0 Å². The molecule has 1 saturated heterocycles. The lowest BCUT2D eigenvalue weighted by Gasteiger charge is -2.08. The molecule has 0 aromatic heterocycles. The molecule has 2 aromatic carbocycles.